The molecule has 0 bridgehead atoms. The van der Waals surface area contributed by atoms with Crippen molar-refractivity contribution in [3.05, 3.63) is 47.0 Å². The summed E-state index contributed by atoms with van der Waals surface area (Å²) < 4.78 is 39.1. The lowest BCUT2D eigenvalue weighted by Gasteiger charge is -2.05. The van der Waals surface area contributed by atoms with Crippen LogP contribution >= 0.6 is 0 Å². The quantitative estimate of drug-likeness (QED) is 0.787. The van der Waals surface area contributed by atoms with Crippen molar-refractivity contribution in [1.29, 1.82) is 0 Å². The molecule has 0 N–H and O–H groups in total. The summed E-state index contributed by atoms with van der Waals surface area (Å²) in [5.41, 5.74) is -0.331. The number of benzene rings is 1. The first-order valence-corrected chi connectivity index (χ1v) is 5.03. The zero-order chi connectivity index (χ0) is 13.1. The maximum Gasteiger partial charge on any atom is 0.282 e. The predicted octanol–water partition coefficient (Wildman–Crippen LogP) is 2.22. The van der Waals surface area contributed by atoms with E-state index in [9.17, 15) is 18.0 Å². The molecule has 1 aromatic heterocycles. The molecule has 2 aromatic rings. The van der Waals surface area contributed by atoms with Crippen LogP contribution in [0.1, 0.15) is 28.2 Å². The van der Waals surface area contributed by atoms with Gasteiger partial charge < -0.3 is 0 Å². The van der Waals surface area contributed by atoms with Crippen molar-refractivity contribution in [1.82, 2.24) is 15.0 Å². The van der Waals surface area contributed by atoms with Crippen LogP contribution in [0.3, 0.4) is 0 Å². The number of nitrogens with zero attached hydrogens (tertiary/aromatic N) is 3. The number of carbonyl (C=O) groups excluding carboxylic acids is 1. The lowest BCUT2D eigenvalue weighted by Crippen LogP contribution is -2.08. The normalized spacial score (nSPS) is 10.9. The van der Waals surface area contributed by atoms with E-state index in [0.29, 0.717) is 5.56 Å². The molecular formula is C11H8F3N3O. The topological polar surface area (TPSA) is 47.8 Å². The number of hydrogen-bond acceptors (Lipinski definition) is 3. The number of rotatable bonds is 4. The Morgan fingerprint density at radius 2 is 1.94 bits per heavy atom. The summed E-state index contributed by atoms with van der Waals surface area (Å²) in [5.74, 6) is -0.417. The monoisotopic (exact) mass is 255 g/mol. The van der Waals surface area contributed by atoms with E-state index in [1.165, 1.54) is 24.3 Å². The Kier molecular flexibility index (Phi) is 3.40. The first-order valence-electron chi connectivity index (χ1n) is 5.03. The Labute approximate surface area is 100 Å². The molecule has 0 amide bonds. The maximum absolute atomic E-state index is 12.8. The van der Waals surface area contributed by atoms with Gasteiger partial charge in [0.05, 0.1) is 6.54 Å². The third-order valence-electron chi connectivity index (χ3n) is 2.36. The van der Waals surface area contributed by atoms with E-state index >= 15 is 0 Å². The Morgan fingerprint density at radius 1 is 1.28 bits per heavy atom. The number of hydrogen-bond donors (Lipinski definition) is 0. The second-order valence-electron chi connectivity index (χ2n) is 3.56. The van der Waals surface area contributed by atoms with Gasteiger partial charge in [0, 0.05) is 0 Å². The SMILES string of the molecule is O=Cc1nnn(Cc2ccc(F)cc2)c1C(F)F. The van der Waals surface area contributed by atoms with Crippen molar-refractivity contribution in [2.45, 2.75) is 13.0 Å². The molecule has 0 aliphatic carbocycles. The Hall–Kier alpha value is -2.18. The van der Waals surface area contributed by atoms with Crippen LogP contribution in [0.2, 0.25) is 0 Å². The van der Waals surface area contributed by atoms with Gasteiger partial charge in [-0.1, -0.05) is 17.3 Å². The fraction of sp³-hybridized carbons (Fsp3) is 0.182. The second kappa shape index (κ2) is 4.99. The highest BCUT2D eigenvalue weighted by Gasteiger charge is 2.21. The highest BCUT2D eigenvalue weighted by Crippen LogP contribution is 2.21. The molecular weight excluding hydrogens is 247 g/mol. The first-order chi connectivity index (χ1) is 8.61. The van der Waals surface area contributed by atoms with E-state index in [0.717, 1.165) is 4.68 Å². The molecule has 0 saturated carbocycles. The van der Waals surface area contributed by atoms with Crippen LogP contribution in [-0.4, -0.2) is 21.3 Å². The lowest BCUT2D eigenvalue weighted by molar-refractivity contribution is 0.109. The molecule has 4 nitrogen and oxygen atoms in total. The van der Waals surface area contributed by atoms with Crippen LogP contribution in [0.5, 0.6) is 0 Å². The number of carbonyl (C=O) groups is 1. The molecule has 0 fully saturated rings. The van der Waals surface area contributed by atoms with Crippen molar-refractivity contribution < 1.29 is 18.0 Å². The minimum absolute atomic E-state index is 0.000787. The summed E-state index contributed by atoms with van der Waals surface area (Å²) in [4.78, 5) is 10.5. The molecule has 18 heavy (non-hydrogen) atoms. The van der Waals surface area contributed by atoms with Crippen LogP contribution < -0.4 is 0 Å². The summed E-state index contributed by atoms with van der Waals surface area (Å²) in [6.07, 6.45) is -2.61. The molecule has 0 aliphatic heterocycles. The molecule has 1 aromatic carbocycles. The molecule has 0 unspecified atom stereocenters. The van der Waals surface area contributed by atoms with Crippen LogP contribution in [0, 0.1) is 5.82 Å². The molecule has 0 spiro atoms. The molecule has 0 aliphatic rings. The Balaban J connectivity index is 2.31. The van der Waals surface area contributed by atoms with Crippen molar-refractivity contribution in [2.24, 2.45) is 0 Å². The van der Waals surface area contributed by atoms with Crippen molar-refractivity contribution in [3.8, 4) is 0 Å². The maximum atomic E-state index is 12.8. The molecule has 2 rings (SSSR count). The van der Waals surface area contributed by atoms with E-state index in [1.54, 1.807) is 0 Å². The van der Waals surface area contributed by atoms with Crippen LogP contribution in [0.4, 0.5) is 13.2 Å². The third kappa shape index (κ3) is 2.39. The Morgan fingerprint density at radius 3 is 2.50 bits per heavy atom. The van der Waals surface area contributed by atoms with Gasteiger partial charge in [0.15, 0.2) is 12.0 Å². The van der Waals surface area contributed by atoms with E-state index in [4.69, 9.17) is 0 Å². The predicted molar refractivity (Wildman–Crippen MR) is 55.9 cm³/mol. The number of aldehydes is 1. The Bertz CT molecular complexity index is 551. The summed E-state index contributed by atoms with van der Waals surface area (Å²) in [7, 11) is 0. The minimum atomic E-state index is -2.85. The van der Waals surface area contributed by atoms with Gasteiger partial charge in [0.1, 0.15) is 11.5 Å². The summed E-state index contributed by atoms with van der Waals surface area (Å²) >= 11 is 0. The van der Waals surface area contributed by atoms with E-state index in [1.807, 2.05) is 0 Å². The van der Waals surface area contributed by atoms with Crippen molar-refractivity contribution in [3.63, 3.8) is 0 Å². The average Bonchev–Trinajstić information content (AvgIpc) is 2.75. The fourth-order valence-electron chi connectivity index (χ4n) is 1.52. The van der Waals surface area contributed by atoms with Crippen molar-refractivity contribution >= 4 is 6.29 Å². The lowest BCUT2D eigenvalue weighted by atomic mass is 10.2. The number of aromatic nitrogens is 3. The number of halogens is 3. The first kappa shape index (κ1) is 12.3. The highest BCUT2D eigenvalue weighted by molar-refractivity contribution is 5.73. The average molecular weight is 255 g/mol. The minimum Gasteiger partial charge on any atom is -0.296 e. The van der Waals surface area contributed by atoms with Gasteiger partial charge in [0.25, 0.3) is 6.43 Å². The van der Waals surface area contributed by atoms with E-state index in [-0.39, 0.29) is 18.5 Å². The van der Waals surface area contributed by atoms with Gasteiger partial charge in [-0.25, -0.2) is 17.9 Å². The van der Waals surface area contributed by atoms with Gasteiger partial charge in [-0.05, 0) is 17.7 Å². The molecule has 7 heteroatoms. The van der Waals surface area contributed by atoms with Gasteiger partial charge in [-0.3, -0.25) is 4.79 Å². The van der Waals surface area contributed by atoms with Gasteiger partial charge in [-0.2, -0.15) is 0 Å². The fourth-order valence-corrected chi connectivity index (χ4v) is 1.52. The highest BCUT2D eigenvalue weighted by atomic mass is 19.3. The smallest absolute Gasteiger partial charge is 0.282 e. The zero-order valence-electron chi connectivity index (χ0n) is 9.05. The summed E-state index contributed by atoms with van der Waals surface area (Å²) in [5, 5.41) is 6.85. The zero-order valence-corrected chi connectivity index (χ0v) is 9.05. The van der Waals surface area contributed by atoms with E-state index in [2.05, 4.69) is 10.3 Å². The largest absolute Gasteiger partial charge is 0.296 e. The van der Waals surface area contributed by atoms with Gasteiger partial charge in [-0.15, -0.1) is 5.10 Å². The van der Waals surface area contributed by atoms with Crippen LogP contribution in [-0.2, 0) is 6.54 Å². The molecule has 0 atom stereocenters. The molecule has 94 valence electrons. The molecule has 0 saturated heterocycles. The standard InChI is InChI=1S/C11H8F3N3O/c12-8-3-1-7(2-4-8)5-17-10(11(13)14)9(6-18)15-16-17/h1-4,6,11H,5H2. The van der Waals surface area contributed by atoms with Crippen molar-refractivity contribution in [2.75, 3.05) is 0 Å². The number of alkyl halides is 2. The summed E-state index contributed by atoms with van der Waals surface area (Å²) in [6, 6.07) is 5.34. The van der Waals surface area contributed by atoms with Crippen LogP contribution in [0.15, 0.2) is 24.3 Å². The molecule has 1 heterocycles. The van der Waals surface area contributed by atoms with Gasteiger partial charge >= 0.3 is 0 Å². The molecule has 0 radical (unpaired) electrons. The second-order valence-corrected chi connectivity index (χ2v) is 3.56. The van der Waals surface area contributed by atoms with E-state index < -0.39 is 17.9 Å². The van der Waals surface area contributed by atoms with Gasteiger partial charge in [0.2, 0.25) is 0 Å². The summed E-state index contributed by atoms with van der Waals surface area (Å²) in [6.45, 7) is 0.000787. The van der Waals surface area contributed by atoms with Crippen LogP contribution in [0.25, 0.3) is 0 Å². The third-order valence-corrected chi connectivity index (χ3v) is 2.36.